The van der Waals surface area contributed by atoms with Gasteiger partial charge in [0.1, 0.15) is 36.0 Å². The summed E-state index contributed by atoms with van der Waals surface area (Å²) in [5.74, 6) is 0.712. The molecule has 40 heavy (non-hydrogen) atoms. The molecule has 2 aromatic carbocycles. The van der Waals surface area contributed by atoms with Crippen molar-refractivity contribution in [1.29, 1.82) is 0 Å². The molecule has 0 bridgehead atoms. The second-order valence-corrected chi connectivity index (χ2v) is 10.4. The van der Waals surface area contributed by atoms with Gasteiger partial charge in [-0.25, -0.2) is 14.6 Å². The minimum Gasteiger partial charge on any atom is -0.489 e. The number of hydrogen-bond acceptors (Lipinski definition) is 7. The number of nitrogens with one attached hydrogen (secondary N) is 1. The van der Waals surface area contributed by atoms with Crippen LogP contribution in [-0.4, -0.2) is 29.3 Å². The van der Waals surface area contributed by atoms with Gasteiger partial charge in [-0.15, -0.1) is 0 Å². The predicted octanol–water partition coefficient (Wildman–Crippen LogP) is 6.97. The van der Waals surface area contributed by atoms with E-state index in [0.29, 0.717) is 36.8 Å². The number of esters is 1. The van der Waals surface area contributed by atoms with Gasteiger partial charge in [0.2, 0.25) is 5.89 Å². The maximum Gasteiger partial charge on any atom is 0.408 e. The van der Waals surface area contributed by atoms with E-state index in [1.165, 1.54) is 6.26 Å². The Labute approximate surface area is 236 Å². The molecule has 1 aromatic heterocycles. The van der Waals surface area contributed by atoms with Crippen LogP contribution in [0.5, 0.6) is 5.75 Å². The molecular weight excluding hydrogens is 508 g/mol. The molecule has 0 spiro atoms. The normalized spacial score (nSPS) is 12.9. The third-order valence-corrected chi connectivity index (χ3v) is 5.56. The Kier molecular flexibility index (Phi) is 10.7. The molecule has 0 aliphatic carbocycles. The molecule has 0 saturated heterocycles. The zero-order valence-corrected chi connectivity index (χ0v) is 24.0. The maximum atomic E-state index is 12.6. The summed E-state index contributed by atoms with van der Waals surface area (Å²) >= 11 is 0. The molecule has 8 heteroatoms. The molecule has 0 aliphatic heterocycles. The Morgan fingerprint density at radius 2 is 1.73 bits per heavy atom. The van der Waals surface area contributed by atoms with Crippen LogP contribution in [0.15, 0.2) is 82.5 Å². The number of amides is 1. The van der Waals surface area contributed by atoms with Gasteiger partial charge in [-0.2, -0.15) is 0 Å². The van der Waals surface area contributed by atoms with E-state index in [0.717, 1.165) is 22.4 Å². The molecule has 1 atom stereocenters. The molecular formula is C32H38N2O6. The fourth-order valence-corrected chi connectivity index (χ4v) is 3.80. The van der Waals surface area contributed by atoms with Gasteiger partial charge in [0, 0.05) is 12.0 Å². The van der Waals surface area contributed by atoms with Crippen molar-refractivity contribution >= 4 is 18.1 Å². The Morgan fingerprint density at radius 1 is 1.02 bits per heavy atom. The van der Waals surface area contributed by atoms with Gasteiger partial charge < -0.3 is 23.9 Å². The fourth-order valence-electron chi connectivity index (χ4n) is 3.80. The number of ether oxygens (including phenoxy) is 3. The van der Waals surface area contributed by atoms with Crippen molar-refractivity contribution in [2.75, 3.05) is 6.61 Å². The number of aromatic nitrogens is 1. The van der Waals surface area contributed by atoms with Crippen LogP contribution in [0, 0.1) is 0 Å². The van der Waals surface area contributed by atoms with E-state index in [9.17, 15) is 9.59 Å². The summed E-state index contributed by atoms with van der Waals surface area (Å²) in [6.07, 6.45) is 4.88. The van der Waals surface area contributed by atoms with Crippen LogP contribution in [0.2, 0.25) is 0 Å². The van der Waals surface area contributed by atoms with Crippen molar-refractivity contribution in [2.45, 2.75) is 66.2 Å². The van der Waals surface area contributed by atoms with Crippen molar-refractivity contribution in [2.24, 2.45) is 0 Å². The number of benzene rings is 2. The highest BCUT2D eigenvalue weighted by Crippen LogP contribution is 2.23. The van der Waals surface area contributed by atoms with E-state index >= 15 is 0 Å². The second-order valence-electron chi connectivity index (χ2n) is 10.4. The molecule has 0 fully saturated rings. The molecule has 0 saturated carbocycles. The first kappa shape index (κ1) is 30.2. The average Bonchev–Trinajstić information content (AvgIpc) is 3.35. The van der Waals surface area contributed by atoms with E-state index in [1.54, 1.807) is 46.8 Å². The second kappa shape index (κ2) is 14.2. The third-order valence-electron chi connectivity index (χ3n) is 5.56. The lowest BCUT2D eigenvalue weighted by molar-refractivity contribution is -0.138. The summed E-state index contributed by atoms with van der Waals surface area (Å²) in [4.78, 5) is 29.1. The van der Waals surface area contributed by atoms with Crippen LogP contribution >= 0.6 is 0 Å². The summed E-state index contributed by atoms with van der Waals surface area (Å²) in [5, 5.41) is 2.88. The first-order valence-electron chi connectivity index (χ1n) is 13.3. The highest BCUT2D eigenvalue weighted by atomic mass is 16.6. The predicted molar refractivity (Wildman–Crippen MR) is 154 cm³/mol. The number of alkyl carbamates (subject to hydrolysis) is 1. The molecule has 3 rings (SSSR count). The molecule has 3 aromatic rings. The largest absolute Gasteiger partial charge is 0.489 e. The zero-order chi connectivity index (χ0) is 29.1. The SMILES string of the molecule is CCOC(=O)/C(C)=C\C(C)=C\c1coc([C@H](Cc2ccc(OCc3ccccc3)cc2)NC(=O)OC(C)(C)C)n1. The Bertz CT molecular complexity index is 1320. The number of oxazole rings is 1. The van der Waals surface area contributed by atoms with Crippen LogP contribution in [-0.2, 0) is 27.3 Å². The van der Waals surface area contributed by atoms with Crippen LogP contribution in [0.3, 0.4) is 0 Å². The van der Waals surface area contributed by atoms with Crippen LogP contribution in [0.1, 0.15) is 70.3 Å². The zero-order valence-electron chi connectivity index (χ0n) is 24.0. The smallest absolute Gasteiger partial charge is 0.408 e. The summed E-state index contributed by atoms with van der Waals surface area (Å²) in [7, 11) is 0. The Morgan fingerprint density at radius 3 is 2.38 bits per heavy atom. The van der Waals surface area contributed by atoms with Crippen LogP contribution < -0.4 is 10.1 Å². The summed E-state index contributed by atoms with van der Waals surface area (Å²) in [5.41, 5.74) is 3.22. The monoisotopic (exact) mass is 546 g/mol. The van der Waals surface area contributed by atoms with Gasteiger partial charge in [-0.1, -0.05) is 42.5 Å². The molecule has 8 nitrogen and oxygen atoms in total. The standard InChI is InChI=1S/C32H38N2O6/c1-7-37-30(35)23(3)17-22(2)18-26-21-39-29(33-26)28(34-31(36)40-32(4,5)6)19-24-13-15-27(16-14-24)38-20-25-11-9-8-10-12-25/h8-18,21,28H,7,19-20H2,1-6H3,(H,34,36)/b22-18+,23-17-/t28-/m0/s1. The minimum atomic E-state index is -0.656. The van der Waals surface area contributed by atoms with E-state index in [4.69, 9.17) is 18.6 Å². The van der Waals surface area contributed by atoms with Gasteiger partial charge in [-0.05, 0) is 82.5 Å². The highest BCUT2D eigenvalue weighted by Gasteiger charge is 2.24. The van der Waals surface area contributed by atoms with E-state index < -0.39 is 17.7 Å². The lowest BCUT2D eigenvalue weighted by atomic mass is 10.1. The minimum absolute atomic E-state index is 0.314. The number of nitrogens with zero attached hydrogens (tertiary/aromatic N) is 1. The van der Waals surface area contributed by atoms with Crippen LogP contribution in [0.25, 0.3) is 6.08 Å². The van der Waals surface area contributed by atoms with Crippen LogP contribution in [0.4, 0.5) is 4.79 Å². The number of hydrogen-bond donors (Lipinski definition) is 1. The molecule has 212 valence electrons. The lowest BCUT2D eigenvalue weighted by Crippen LogP contribution is -2.36. The van der Waals surface area contributed by atoms with Crippen molar-refractivity contribution in [3.8, 4) is 5.75 Å². The van der Waals surface area contributed by atoms with E-state index in [-0.39, 0.29) is 5.97 Å². The molecule has 1 N–H and O–H groups in total. The van der Waals surface area contributed by atoms with Crippen molar-refractivity contribution < 1.29 is 28.2 Å². The van der Waals surface area contributed by atoms with E-state index in [1.807, 2.05) is 61.5 Å². The Balaban J connectivity index is 1.75. The highest BCUT2D eigenvalue weighted by molar-refractivity contribution is 5.88. The molecule has 1 amide bonds. The summed E-state index contributed by atoms with van der Waals surface area (Å²) in [6, 6.07) is 17.1. The van der Waals surface area contributed by atoms with Gasteiger partial charge in [0.05, 0.1) is 6.61 Å². The van der Waals surface area contributed by atoms with Gasteiger partial charge >= 0.3 is 12.1 Å². The number of allylic oxidation sites excluding steroid dienone is 2. The topological polar surface area (TPSA) is 99.9 Å². The number of carbonyl (C=O) groups is 2. The maximum absolute atomic E-state index is 12.6. The summed E-state index contributed by atoms with van der Waals surface area (Å²) in [6.45, 7) is 11.5. The first-order valence-corrected chi connectivity index (χ1v) is 13.3. The van der Waals surface area contributed by atoms with Gasteiger partial charge in [-0.3, -0.25) is 0 Å². The number of rotatable bonds is 11. The van der Waals surface area contributed by atoms with Crippen molar-refractivity contribution in [3.63, 3.8) is 0 Å². The molecule has 0 unspecified atom stereocenters. The van der Waals surface area contributed by atoms with E-state index in [2.05, 4.69) is 10.3 Å². The average molecular weight is 547 g/mol. The third kappa shape index (κ3) is 10.1. The first-order chi connectivity index (χ1) is 19.0. The summed E-state index contributed by atoms with van der Waals surface area (Å²) < 4.78 is 22.2. The molecule has 0 radical (unpaired) electrons. The fraction of sp³-hybridized carbons (Fsp3) is 0.344. The van der Waals surface area contributed by atoms with Gasteiger partial charge in [0.25, 0.3) is 0 Å². The molecule has 0 aliphatic rings. The van der Waals surface area contributed by atoms with Gasteiger partial charge in [0.15, 0.2) is 0 Å². The van der Waals surface area contributed by atoms with Crippen molar-refractivity contribution in [1.82, 2.24) is 10.3 Å². The van der Waals surface area contributed by atoms with Crippen molar-refractivity contribution in [3.05, 3.63) is 101 Å². The molecule has 1 heterocycles. The quantitative estimate of drug-likeness (QED) is 0.157. The number of carbonyl (C=O) groups excluding carboxylic acids is 2. The lowest BCUT2D eigenvalue weighted by Gasteiger charge is -2.22. The Hall–Kier alpha value is -4.33.